The predicted octanol–water partition coefficient (Wildman–Crippen LogP) is 4.62. The van der Waals surface area contributed by atoms with E-state index in [1.807, 2.05) is 18.2 Å². The van der Waals surface area contributed by atoms with Gasteiger partial charge in [0.2, 0.25) is 0 Å². The predicted molar refractivity (Wildman–Crippen MR) is 89.5 cm³/mol. The van der Waals surface area contributed by atoms with Crippen LogP contribution in [0.15, 0.2) is 60.7 Å². The highest BCUT2D eigenvalue weighted by molar-refractivity contribution is 7.17. The monoisotopic (exact) mass is 325 g/mol. The van der Waals surface area contributed by atoms with E-state index in [1.165, 1.54) is 23.5 Å². The molecule has 1 N–H and O–H groups in total. The fourth-order valence-electron chi connectivity index (χ4n) is 2.09. The fraction of sp³-hybridized carbons (Fsp3) is 0. The highest BCUT2D eigenvalue weighted by atomic mass is 32.1. The van der Waals surface area contributed by atoms with Gasteiger partial charge < -0.3 is 5.32 Å². The van der Waals surface area contributed by atoms with Gasteiger partial charge in [0.15, 0.2) is 0 Å². The molecule has 0 unspecified atom stereocenters. The molecule has 0 saturated heterocycles. The van der Waals surface area contributed by atoms with Crippen LogP contribution >= 0.6 is 11.3 Å². The first kappa shape index (κ1) is 15.1. The fourth-order valence-corrected chi connectivity index (χ4v) is 2.99. The number of thiophene rings is 1. The van der Waals surface area contributed by atoms with Crippen molar-refractivity contribution in [3.63, 3.8) is 0 Å². The van der Waals surface area contributed by atoms with Gasteiger partial charge in [-0.15, -0.1) is 11.3 Å². The number of hydrogen-bond acceptors (Lipinski definition) is 3. The van der Waals surface area contributed by atoms with E-state index in [-0.39, 0.29) is 11.6 Å². The lowest BCUT2D eigenvalue weighted by molar-refractivity contribution is 0.102. The Labute approximate surface area is 136 Å². The van der Waals surface area contributed by atoms with Crippen molar-refractivity contribution in [2.75, 3.05) is 5.32 Å². The van der Waals surface area contributed by atoms with Crippen LogP contribution in [0.3, 0.4) is 0 Å². The summed E-state index contributed by atoms with van der Waals surface area (Å²) in [5.41, 5.74) is 1.68. The Kier molecular flexibility index (Phi) is 4.30. The van der Waals surface area contributed by atoms with Crippen molar-refractivity contribution in [2.24, 2.45) is 0 Å². The molecule has 1 heterocycles. The molecule has 2 aromatic carbocycles. The van der Waals surface area contributed by atoms with E-state index < -0.39 is 5.82 Å². The lowest BCUT2D eigenvalue weighted by Crippen LogP contribution is -2.11. The van der Waals surface area contributed by atoms with E-state index in [1.54, 1.807) is 30.3 Å². The lowest BCUT2D eigenvalue weighted by Gasteiger charge is -2.04. The Morgan fingerprint density at radius 1 is 1.00 bits per heavy atom. The molecule has 0 spiro atoms. The first-order chi connectivity index (χ1) is 11.2. The Bertz CT molecular complexity index is 855. The first-order valence-electron chi connectivity index (χ1n) is 6.89. The number of carbonyl (C=O) groups excluding carboxylic acids is 2. The molecule has 0 radical (unpaired) electrons. The topological polar surface area (TPSA) is 46.2 Å². The normalized spacial score (nSPS) is 10.3. The number of halogens is 1. The third-order valence-electron chi connectivity index (χ3n) is 3.28. The zero-order valence-electron chi connectivity index (χ0n) is 12.0. The van der Waals surface area contributed by atoms with Crippen molar-refractivity contribution < 1.29 is 14.0 Å². The highest BCUT2D eigenvalue weighted by Gasteiger charge is 2.12. The molecule has 0 fully saturated rings. The van der Waals surface area contributed by atoms with Crippen LogP contribution in [-0.2, 0) is 0 Å². The van der Waals surface area contributed by atoms with Crippen LogP contribution < -0.4 is 5.32 Å². The Morgan fingerprint density at radius 3 is 2.43 bits per heavy atom. The second kappa shape index (κ2) is 6.54. The van der Waals surface area contributed by atoms with Crippen molar-refractivity contribution in [3.8, 4) is 10.4 Å². The molecule has 3 nitrogen and oxygen atoms in total. The Balaban J connectivity index is 1.79. The summed E-state index contributed by atoms with van der Waals surface area (Å²) in [5.74, 6) is -0.821. The number of aldehydes is 1. The molecule has 0 aliphatic carbocycles. The van der Waals surface area contributed by atoms with E-state index in [0.717, 1.165) is 16.7 Å². The summed E-state index contributed by atoms with van der Waals surface area (Å²) >= 11 is 1.31. The van der Waals surface area contributed by atoms with E-state index in [2.05, 4.69) is 5.32 Å². The number of para-hydroxylation sites is 1. The van der Waals surface area contributed by atoms with Gasteiger partial charge >= 0.3 is 0 Å². The molecule has 23 heavy (non-hydrogen) atoms. The number of anilines is 1. The van der Waals surface area contributed by atoms with Gasteiger partial charge in [0.1, 0.15) is 12.1 Å². The van der Waals surface area contributed by atoms with Gasteiger partial charge in [-0.1, -0.05) is 36.4 Å². The molecule has 1 aromatic heterocycles. The minimum absolute atomic E-state index is 0.155. The van der Waals surface area contributed by atoms with Crippen molar-refractivity contribution in [2.45, 2.75) is 0 Å². The molecular weight excluding hydrogens is 313 g/mol. The van der Waals surface area contributed by atoms with Gasteiger partial charge in [0.05, 0.1) is 10.6 Å². The molecule has 0 bridgehead atoms. The molecule has 0 aliphatic heterocycles. The number of benzene rings is 2. The third-order valence-corrected chi connectivity index (χ3v) is 4.42. The van der Waals surface area contributed by atoms with Crippen LogP contribution in [0.5, 0.6) is 0 Å². The summed E-state index contributed by atoms with van der Waals surface area (Å²) in [7, 11) is 0. The standard InChI is InChI=1S/C18H12FNO2S/c19-14-3-1-2-4-15(14)20-18(22)17-10-9-16(23-17)13-7-5-12(11-21)6-8-13/h1-11H,(H,20,22). The van der Waals surface area contributed by atoms with Gasteiger partial charge in [-0.25, -0.2) is 4.39 Å². The quantitative estimate of drug-likeness (QED) is 0.712. The molecule has 1 amide bonds. The third kappa shape index (κ3) is 3.35. The van der Waals surface area contributed by atoms with Crippen LogP contribution in [0.25, 0.3) is 10.4 Å². The number of rotatable bonds is 4. The maximum atomic E-state index is 13.6. The van der Waals surface area contributed by atoms with Gasteiger partial charge in [-0.2, -0.15) is 0 Å². The summed E-state index contributed by atoms with van der Waals surface area (Å²) < 4.78 is 13.6. The van der Waals surface area contributed by atoms with Crippen LogP contribution in [-0.4, -0.2) is 12.2 Å². The van der Waals surface area contributed by atoms with E-state index in [9.17, 15) is 14.0 Å². The Hall–Kier alpha value is -2.79. The van der Waals surface area contributed by atoms with Gasteiger partial charge in [0.25, 0.3) is 5.91 Å². The minimum Gasteiger partial charge on any atom is -0.319 e. The van der Waals surface area contributed by atoms with Crippen molar-refractivity contribution in [3.05, 3.63) is 76.9 Å². The summed E-state index contributed by atoms with van der Waals surface area (Å²) in [5, 5.41) is 2.56. The van der Waals surface area contributed by atoms with Crippen molar-refractivity contribution in [1.29, 1.82) is 0 Å². The average molecular weight is 325 g/mol. The van der Waals surface area contributed by atoms with Crippen LogP contribution in [0.1, 0.15) is 20.0 Å². The molecular formula is C18H12FNO2S. The second-order valence-electron chi connectivity index (χ2n) is 4.84. The highest BCUT2D eigenvalue weighted by Crippen LogP contribution is 2.29. The maximum Gasteiger partial charge on any atom is 0.265 e. The average Bonchev–Trinajstić information content (AvgIpc) is 3.07. The largest absolute Gasteiger partial charge is 0.319 e. The number of amides is 1. The summed E-state index contributed by atoms with van der Waals surface area (Å²) in [6, 6.07) is 16.7. The summed E-state index contributed by atoms with van der Waals surface area (Å²) in [6.07, 6.45) is 0.783. The van der Waals surface area contributed by atoms with Gasteiger partial charge in [-0.3, -0.25) is 9.59 Å². The summed E-state index contributed by atoms with van der Waals surface area (Å²) in [6.45, 7) is 0. The molecule has 0 aliphatic rings. The molecule has 3 rings (SSSR count). The number of carbonyl (C=O) groups is 2. The maximum absolute atomic E-state index is 13.6. The van der Waals surface area contributed by atoms with Crippen LogP contribution in [0.2, 0.25) is 0 Å². The minimum atomic E-state index is -0.470. The molecule has 0 atom stereocenters. The molecule has 5 heteroatoms. The van der Waals surface area contributed by atoms with E-state index >= 15 is 0 Å². The smallest absolute Gasteiger partial charge is 0.265 e. The molecule has 0 saturated carbocycles. The van der Waals surface area contributed by atoms with Gasteiger partial charge in [0, 0.05) is 10.4 Å². The van der Waals surface area contributed by atoms with E-state index in [4.69, 9.17) is 0 Å². The number of nitrogens with one attached hydrogen (secondary N) is 1. The van der Waals surface area contributed by atoms with Gasteiger partial charge in [-0.05, 0) is 29.8 Å². The molecule has 114 valence electrons. The summed E-state index contributed by atoms with van der Waals surface area (Å²) in [4.78, 5) is 24.3. The zero-order valence-corrected chi connectivity index (χ0v) is 12.8. The Morgan fingerprint density at radius 2 is 1.74 bits per heavy atom. The van der Waals surface area contributed by atoms with Crippen LogP contribution in [0.4, 0.5) is 10.1 Å². The second-order valence-corrected chi connectivity index (χ2v) is 5.92. The lowest BCUT2D eigenvalue weighted by atomic mass is 10.1. The zero-order chi connectivity index (χ0) is 16.2. The van der Waals surface area contributed by atoms with Crippen molar-refractivity contribution >= 4 is 29.2 Å². The van der Waals surface area contributed by atoms with Crippen LogP contribution in [0, 0.1) is 5.82 Å². The first-order valence-corrected chi connectivity index (χ1v) is 7.70. The van der Waals surface area contributed by atoms with E-state index in [0.29, 0.717) is 10.4 Å². The SMILES string of the molecule is O=Cc1ccc(-c2ccc(C(=O)Nc3ccccc3F)s2)cc1. The molecule has 3 aromatic rings. The van der Waals surface area contributed by atoms with Crippen molar-refractivity contribution in [1.82, 2.24) is 0 Å². The number of hydrogen-bond donors (Lipinski definition) is 1.